The first-order valence-corrected chi connectivity index (χ1v) is 6.34. The molecule has 0 aliphatic carbocycles. The maximum Gasteiger partial charge on any atom is 0.210 e. The highest BCUT2D eigenvalue weighted by atomic mass is 32.2. The molecular weight excluding hydrogens is 212 g/mol. The molecule has 1 aromatic rings. The van der Waals surface area contributed by atoms with Crippen molar-refractivity contribution in [3.63, 3.8) is 0 Å². The Hall–Kier alpha value is -0.900. The Labute approximate surface area is 92.3 Å². The van der Waals surface area contributed by atoms with Gasteiger partial charge in [0.2, 0.25) is 5.78 Å². The first-order valence-electron chi connectivity index (χ1n) is 4.96. The van der Waals surface area contributed by atoms with E-state index >= 15 is 0 Å². The molecule has 2 unspecified atom stereocenters. The Morgan fingerprint density at radius 1 is 1.47 bits per heavy atom. The van der Waals surface area contributed by atoms with Gasteiger partial charge in [0.05, 0.1) is 12.0 Å². The number of hydrogen-bond donors (Lipinski definition) is 0. The number of rotatable bonds is 5. The lowest BCUT2D eigenvalue weighted by Gasteiger charge is -2.13. The molecule has 0 saturated carbocycles. The first kappa shape index (κ1) is 12.2. The van der Waals surface area contributed by atoms with Gasteiger partial charge in [-0.1, -0.05) is 20.8 Å². The van der Waals surface area contributed by atoms with Crippen molar-refractivity contribution < 1.29 is 13.4 Å². The summed E-state index contributed by atoms with van der Waals surface area (Å²) >= 11 is 0. The third-order valence-corrected chi connectivity index (χ3v) is 4.34. The van der Waals surface area contributed by atoms with Crippen molar-refractivity contribution in [2.24, 2.45) is 5.92 Å². The van der Waals surface area contributed by atoms with Crippen molar-refractivity contribution in [1.82, 2.24) is 0 Å². The molecule has 0 N–H and O–H groups in total. The summed E-state index contributed by atoms with van der Waals surface area (Å²) in [6.45, 7) is 5.90. The summed E-state index contributed by atoms with van der Waals surface area (Å²) in [6, 6.07) is 3.25. The second-order valence-corrected chi connectivity index (χ2v) is 5.67. The monoisotopic (exact) mass is 228 g/mol. The molecular formula is C11H16O3S. The van der Waals surface area contributed by atoms with Gasteiger partial charge in [0.15, 0.2) is 5.76 Å². The third-order valence-electron chi connectivity index (χ3n) is 2.42. The van der Waals surface area contributed by atoms with Gasteiger partial charge < -0.3 is 4.42 Å². The highest BCUT2D eigenvalue weighted by Crippen LogP contribution is 2.11. The molecule has 0 saturated heterocycles. The number of furan rings is 1. The summed E-state index contributed by atoms with van der Waals surface area (Å²) in [6.07, 6.45) is 1.45. The molecule has 0 spiro atoms. The van der Waals surface area contributed by atoms with E-state index in [4.69, 9.17) is 4.42 Å². The second-order valence-electron chi connectivity index (χ2n) is 3.87. The molecule has 0 radical (unpaired) electrons. The van der Waals surface area contributed by atoms with E-state index in [1.165, 1.54) is 6.26 Å². The average molecular weight is 228 g/mol. The quantitative estimate of drug-likeness (QED) is 0.726. The Morgan fingerprint density at radius 2 is 2.13 bits per heavy atom. The van der Waals surface area contributed by atoms with Crippen LogP contribution in [0.1, 0.15) is 31.3 Å². The molecule has 84 valence electrons. The van der Waals surface area contributed by atoms with Crippen LogP contribution >= 0.6 is 0 Å². The SMILES string of the molecule is CC(C)C(C)S(=O)CC(=O)c1ccco1. The van der Waals surface area contributed by atoms with E-state index in [0.717, 1.165) is 0 Å². The maximum atomic E-state index is 11.7. The fourth-order valence-corrected chi connectivity index (χ4v) is 2.34. The van der Waals surface area contributed by atoms with Gasteiger partial charge in [-0.25, -0.2) is 0 Å². The van der Waals surface area contributed by atoms with Crippen LogP contribution < -0.4 is 0 Å². The van der Waals surface area contributed by atoms with Crippen LogP contribution in [0.25, 0.3) is 0 Å². The summed E-state index contributed by atoms with van der Waals surface area (Å²) < 4.78 is 16.7. The number of carbonyl (C=O) groups is 1. The van der Waals surface area contributed by atoms with E-state index < -0.39 is 10.8 Å². The summed E-state index contributed by atoms with van der Waals surface area (Å²) in [5.74, 6) is 0.465. The van der Waals surface area contributed by atoms with Gasteiger partial charge in [0, 0.05) is 16.0 Å². The summed E-state index contributed by atoms with van der Waals surface area (Å²) in [4.78, 5) is 11.6. The minimum absolute atomic E-state index is 0.0314. The van der Waals surface area contributed by atoms with Gasteiger partial charge in [-0.2, -0.15) is 0 Å². The summed E-state index contributed by atoms with van der Waals surface area (Å²) in [7, 11) is -1.12. The molecule has 2 atom stereocenters. The molecule has 0 fully saturated rings. The van der Waals surface area contributed by atoms with Crippen molar-refractivity contribution in [1.29, 1.82) is 0 Å². The number of carbonyl (C=O) groups excluding carboxylic acids is 1. The van der Waals surface area contributed by atoms with Crippen LogP contribution in [0.3, 0.4) is 0 Å². The molecule has 15 heavy (non-hydrogen) atoms. The van der Waals surface area contributed by atoms with Gasteiger partial charge in [0.1, 0.15) is 0 Å². The van der Waals surface area contributed by atoms with E-state index in [1.54, 1.807) is 12.1 Å². The Morgan fingerprint density at radius 3 is 2.60 bits per heavy atom. The molecule has 1 aromatic heterocycles. The van der Waals surface area contributed by atoms with Crippen molar-refractivity contribution in [2.75, 3.05) is 5.75 Å². The molecule has 0 aliphatic heterocycles. The average Bonchev–Trinajstić information content (AvgIpc) is 2.68. The van der Waals surface area contributed by atoms with Gasteiger partial charge >= 0.3 is 0 Å². The lowest BCUT2D eigenvalue weighted by molar-refractivity contribution is 0.0991. The van der Waals surface area contributed by atoms with Gasteiger partial charge in [-0.3, -0.25) is 9.00 Å². The van der Waals surface area contributed by atoms with E-state index in [9.17, 15) is 9.00 Å². The zero-order valence-corrected chi connectivity index (χ0v) is 10.0. The van der Waals surface area contributed by atoms with E-state index in [0.29, 0.717) is 11.7 Å². The van der Waals surface area contributed by atoms with Crippen molar-refractivity contribution >= 4 is 16.6 Å². The fourth-order valence-electron chi connectivity index (χ4n) is 1.07. The third kappa shape index (κ3) is 3.30. The van der Waals surface area contributed by atoms with Gasteiger partial charge in [-0.15, -0.1) is 0 Å². The summed E-state index contributed by atoms with van der Waals surface area (Å²) in [5, 5.41) is 0.0314. The first-order chi connectivity index (χ1) is 7.02. The standard InChI is InChI=1S/C11H16O3S/c1-8(2)9(3)15(13)7-10(12)11-5-4-6-14-11/h4-6,8-9H,7H2,1-3H3. The lowest BCUT2D eigenvalue weighted by Crippen LogP contribution is -2.23. The molecule has 1 heterocycles. The molecule has 0 amide bonds. The van der Waals surface area contributed by atoms with Crippen molar-refractivity contribution in [3.8, 4) is 0 Å². The molecule has 0 aromatic carbocycles. The lowest BCUT2D eigenvalue weighted by atomic mass is 10.2. The molecule has 0 aliphatic rings. The number of hydrogen-bond acceptors (Lipinski definition) is 3. The Kier molecular flexibility index (Phi) is 4.27. The van der Waals surface area contributed by atoms with Crippen LogP contribution in [0.2, 0.25) is 0 Å². The van der Waals surface area contributed by atoms with Crippen molar-refractivity contribution in [3.05, 3.63) is 24.2 Å². The zero-order chi connectivity index (χ0) is 11.4. The van der Waals surface area contributed by atoms with Crippen LogP contribution in [0.15, 0.2) is 22.8 Å². The van der Waals surface area contributed by atoms with Crippen LogP contribution in [0, 0.1) is 5.92 Å². The maximum absolute atomic E-state index is 11.7. The minimum atomic E-state index is -1.12. The van der Waals surface area contributed by atoms with Crippen LogP contribution in [0.4, 0.5) is 0 Å². The zero-order valence-electron chi connectivity index (χ0n) is 9.23. The smallest absolute Gasteiger partial charge is 0.210 e. The van der Waals surface area contributed by atoms with Crippen LogP contribution in [0.5, 0.6) is 0 Å². The fraction of sp³-hybridized carbons (Fsp3) is 0.545. The largest absolute Gasteiger partial charge is 0.461 e. The van der Waals surface area contributed by atoms with Crippen LogP contribution in [-0.4, -0.2) is 21.0 Å². The van der Waals surface area contributed by atoms with Gasteiger partial charge in [0.25, 0.3) is 0 Å². The molecule has 0 bridgehead atoms. The van der Waals surface area contributed by atoms with Gasteiger partial charge in [-0.05, 0) is 18.1 Å². The second kappa shape index (κ2) is 5.26. The van der Waals surface area contributed by atoms with E-state index in [-0.39, 0.29) is 16.8 Å². The minimum Gasteiger partial charge on any atom is -0.461 e. The predicted molar refractivity (Wildman–Crippen MR) is 60.3 cm³/mol. The summed E-state index contributed by atoms with van der Waals surface area (Å²) in [5.41, 5.74) is 0. The molecule has 4 heteroatoms. The Balaban J connectivity index is 2.56. The normalized spacial score (nSPS) is 15.2. The van der Waals surface area contributed by atoms with E-state index in [1.807, 2.05) is 20.8 Å². The Bertz CT molecular complexity index is 341. The highest BCUT2D eigenvalue weighted by Gasteiger charge is 2.19. The van der Waals surface area contributed by atoms with Crippen molar-refractivity contribution in [2.45, 2.75) is 26.0 Å². The highest BCUT2D eigenvalue weighted by molar-refractivity contribution is 7.86. The number of ketones is 1. The van der Waals surface area contributed by atoms with E-state index in [2.05, 4.69) is 0 Å². The molecule has 1 rings (SSSR count). The van der Waals surface area contributed by atoms with Crippen LogP contribution in [-0.2, 0) is 10.8 Å². The topological polar surface area (TPSA) is 47.3 Å². The molecule has 3 nitrogen and oxygen atoms in total. The number of Topliss-reactive ketones (excluding diaryl/α,β-unsaturated/α-hetero) is 1. The predicted octanol–water partition coefficient (Wildman–Crippen LogP) is 2.26.